The molecule has 1 amide bonds. The van der Waals surface area contributed by atoms with Crippen molar-refractivity contribution in [1.29, 1.82) is 0 Å². The van der Waals surface area contributed by atoms with Gasteiger partial charge in [0.25, 0.3) is 5.89 Å². The molecule has 9 heteroatoms. The van der Waals surface area contributed by atoms with Crippen LogP contribution in [0.4, 0.5) is 6.01 Å². The van der Waals surface area contributed by atoms with Gasteiger partial charge in [0.1, 0.15) is 5.75 Å². The molecule has 0 aliphatic rings. The molecule has 2 heterocycles. The van der Waals surface area contributed by atoms with Crippen molar-refractivity contribution in [1.82, 2.24) is 15.2 Å². The fourth-order valence-corrected chi connectivity index (χ4v) is 3.17. The van der Waals surface area contributed by atoms with Crippen LogP contribution in [0.1, 0.15) is 5.56 Å². The third kappa shape index (κ3) is 4.07. The number of benzene rings is 1. The maximum Gasteiger partial charge on any atom is 0.322 e. The van der Waals surface area contributed by atoms with Crippen LogP contribution in [0.2, 0.25) is 0 Å². The molecule has 0 bridgehead atoms. The zero-order chi connectivity index (χ0) is 17.9. The van der Waals surface area contributed by atoms with Gasteiger partial charge in [0.05, 0.1) is 10.5 Å². The van der Waals surface area contributed by atoms with Gasteiger partial charge in [-0.2, -0.15) is 0 Å². The number of nitrogens with one attached hydrogen (secondary N) is 1. The van der Waals surface area contributed by atoms with Gasteiger partial charge >= 0.3 is 6.01 Å². The number of pyridine rings is 1. The normalized spacial score (nSPS) is 11.2. The second-order valence-electron chi connectivity index (χ2n) is 5.27. The highest BCUT2D eigenvalue weighted by Crippen LogP contribution is 2.18. The predicted molar refractivity (Wildman–Crippen MR) is 89.4 cm³/mol. The van der Waals surface area contributed by atoms with E-state index in [4.69, 9.17) is 4.42 Å². The van der Waals surface area contributed by atoms with Crippen LogP contribution >= 0.6 is 0 Å². The van der Waals surface area contributed by atoms with Gasteiger partial charge < -0.3 is 4.42 Å². The Morgan fingerprint density at radius 2 is 1.92 bits per heavy atom. The minimum atomic E-state index is -3.75. The summed E-state index contributed by atoms with van der Waals surface area (Å²) in [6.07, 6.45) is 3.12. The van der Waals surface area contributed by atoms with Crippen LogP contribution in [0.25, 0.3) is 11.5 Å². The van der Waals surface area contributed by atoms with Gasteiger partial charge in [0.2, 0.25) is 5.91 Å². The molecule has 3 rings (SSSR count). The maximum atomic E-state index is 12.2. The molecule has 25 heavy (non-hydrogen) atoms. The lowest BCUT2D eigenvalue weighted by Gasteiger charge is -2.04. The second-order valence-corrected chi connectivity index (χ2v) is 7.26. The van der Waals surface area contributed by atoms with Crippen molar-refractivity contribution in [2.45, 2.75) is 11.8 Å². The van der Waals surface area contributed by atoms with Crippen LogP contribution in [0, 0.1) is 6.92 Å². The van der Waals surface area contributed by atoms with E-state index in [1.807, 2.05) is 6.92 Å². The quantitative estimate of drug-likeness (QED) is 0.740. The van der Waals surface area contributed by atoms with Gasteiger partial charge in [-0.05, 0) is 31.2 Å². The molecule has 0 unspecified atom stereocenters. The van der Waals surface area contributed by atoms with Crippen molar-refractivity contribution >= 4 is 21.8 Å². The summed E-state index contributed by atoms with van der Waals surface area (Å²) in [6, 6.07) is 9.50. The Morgan fingerprint density at radius 1 is 1.16 bits per heavy atom. The zero-order valence-corrected chi connectivity index (χ0v) is 14.0. The molecule has 0 saturated carbocycles. The molecular weight excluding hydrogens is 344 g/mol. The predicted octanol–water partition coefficient (Wildman–Crippen LogP) is 1.85. The summed E-state index contributed by atoms with van der Waals surface area (Å²) >= 11 is 0. The van der Waals surface area contributed by atoms with E-state index < -0.39 is 21.5 Å². The van der Waals surface area contributed by atoms with E-state index in [1.54, 1.807) is 30.5 Å². The molecule has 8 nitrogen and oxygen atoms in total. The summed E-state index contributed by atoms with van der Waals surface area (Å²) in [5, 5.41) is 9.75. The zero-order valence-electron chi connectivity index (χ0n) is 13.2. The van der Waals surface area contributed by atoms with E-state index in [0.29, 0.717) is 5.56 Å². The lowest BCUT2D eigenvalue weighted by atomic mass is 10.2. The first-order chi connectivity index (χ1) is 11.9. The van der Waals surface area contributed by atoms with E-state index in [9.17, 15) is 13.2 Å². The summed E-state index contributed by atoms with van der Waals surface area (Å²) in [5.41, 5.74) is 1.51. The number of sulfone groups is 1. The number of rotatable bonds is 5. The number of aromatic nitrogens is 3. The topological polar surface area (TPSA) is 115 Å². The molecular formula is C16H14N4O4S. The SMILES string of the molecule is Cc1ccc(S(=O)(=O)CC(=O)Nc2nnc(-c3cccnc3)o2)cc1. The van der Waals surface area contributed by atoms with Crippen LogP contribution in [0.15, 0.2) is 58.1 Å². The summed E-state index contributed by atoms with van der Waals surface area (Å²) in [4.78, 5) is 16.0. The molecule has 1 N–H and O–H groups in total. The molecule has 0 atom stereocenters. The van der Waals surface area contributed by atoms with Gasteiger partial charge in [0.15, 0.2) is 9.84 Å². The van der Waals surface area contributed by atoms with Gasteiger partial charge in [-0.3, -0.25) is 15.1 Å². The van der Waals surface area contributed by atoms with E-state index in [1.165, 1.54) is 18.3 Å². The average Bonchev–Trinajstić information content (AvgIpc) is 3.04. The highest BCUT2D eigenvalue weighted by atomic mass is 32.2. The van der Waals surface area contributed by atoms with Crippen molar-refractivity contribution in [3.63, 3.8) is 0 Å². The largest absolute Gasteiger partial charge is 0.403 e. The number of nitrogens with zero attached hydrogens (tertiary/aromatic N) is 3. The molecule has 0 radical (unpaired) electrons. The number of carbonyl (C=O) groups is 1. The molecule has 0 spiro atoms. The Bertz CT molecular complexity index is 982. The summed E-state index contributed by atoms with van der Waals surface area (Å²) in [7, 11) is -3.75. The first kappa shape index (κ1) is 16.8. The van der Waals surface area contributed by atoms with Gasteiger partial charge in [-0.15, -0.1) is 5.10 Å². The van der Waals surface area contributed by atoms with Gasteiger partial charge in [-0.1, -0.05) is 22.8 Å². The van der Waals surface area contributed by atoms with Gasteiger partial charge in [0, 0.05) is 12.4 Å². The van der Waals surface area contributed by atoms with Crippen molar-refractivity contribution in [3.8, 4) is 11.5 Å². The van der Waals surface area contributed by atoms with E-state index in [0.717, 1.165) is 5.56 Å². The van der Waals surface area contributed by atoms with Crippen molar-refractivity contribution in [3.05, 3.63) is 54.4 Å². The molecule has 2 aromatic heterocycles. The van der Waals surface area contributed by atoms with Crippen molar-refractivity contribution in [2.24, 2.45) is 0 Å². The average molecular weight is 358 g/mol. The second kappa shape index (κ2) is 6.81. The molecule has 0 fully saturated rings. The van der Waals surface area contributed by atoms with Crippen LogP contribution in [-0.2, 0) is 14.6 Å². The van der Waals surface area contributed by atoms with Crippen molar-refractivity contribution < 1.29 is 17.6 Å². The molecule has 0 aliphatic carbocycles. The standard InChI is InChI=1S/C16H14N4O4S/c1-11-4-6-13(7-5-11)25(22,23)10-14(21)18-16-20-19-15(24-16)12-3-2-8-17-9-12/h2-9H,10H2,1H3,(H,18,20,21). The third-order valence-corrected chi connectivity index (χ3v) is 4.91. The molecule has 3 aromatic rings. The van der Waals surface area contributed by atoms with Gasteiger partial charge in [-0.25, -0.2) is 8.42 Å². The van der Waals surface area contributed by atoms with Crippen LogP contribution in [0.3, 0.4) is 0 Å². The van der Waals surface area contributed by atoms with E-state index >= 15 is 0 Å². The number of hydrogen-bond donors (Lipinski definition) is 1. The Hall–Kier alpha value is -3.07. The monoisotopic (exact) mass is 358 g/mol. The highest BCUT2D eigenvalue weighted by Gasteiger charge is 2.21. The summed E-state index contributed by atoms with van der Waals surface area (Å²) < 4.78 is 29.8. The molecule has 0 saturated heterocycles. The highest BCUT2D eigenvalue weighted by molar-refractivity contribution is 7.92. The van der Waals surface area contributed by atoms with Crippen LogP contribution < -0.4 is 5.32 Å². The van der Waals surface area contributed by atoms with E-state index in [-0.39, 0.29) is 16.8 Å². The van der Waals surface area contributed by atoms with E-state index in [2.05, 4.69) is 20.5 Å². The first-order valence-corrected chi connectivity index (χ1v) is 8.92. The Labute approximate surface area is 143 Å². The summed E-state index contributed by atoms with van der Waals surface area (Å²) in [5.74, 6) is -1.31. The fourth-order valence-electron chi connectivity index (χ4n) is 2.04. The lowest BCUT2D eigenvalue weighted by molar-refractivity contribution is -0.114. The maximum absolute atomic E-state index is 12.2. The third-order valence-electron chi connectivity index (χ3n) is 3.28. The minimum Gasteiger partial charge on any atom is -0.403 e. The number of anilines is 1. The molecule has 0 aliphatic heterocycles. The molecule has 128 valence electrons. The Balaban J connectivity index is 1.69. The van der Waals surface area contributed by atoms with Crippen LogP contribution in [0.5, 0.6) is 0 Å². The minimum absolute atomic E-state index is 0.0785. The number of amides is 1. The fraction of sp³-hybridized carbons (Fsp3) is 0.125. The first-order valence-electron chi connectivity index (χ1n) is 7.27. The Morgan fingerprint density at radius 3 is 2.60 bits per heavy atom. The smallest absolute Gasteiger partial charge is 0.322 e. The molecule has 1 aromatic carbocycles. The van der Waals surface area contributed by atoms with Crippen molar-refractivity contribution in [2.75, 3.05) is 11.1 Å². The number of aryl methyl sites for hydroxylation is 1. The number of hydrogen-bond acceptors (Lipinski definition) is 7. The Kier molecular flexibility index (Phi) is 4.57. The number of carbonyl (C=O) groups excluding carboxylic acids is 1. The summed E-state index contributed by atoms with van der Waals surface area (Å²) in [6.45, 7) is 1.85. The lowest BCUT2D eigenvalue weighted by Crippen LogP contribution is -2.23. The van der Waals surface area contributed by atoms with Crippen LogP contribution in [-0.4, -0.2) is 35.3 Å².